The van der Waals surface area contributed by atoms with Gasteiger partial charge in [-0.2, -0.15) is 0 Å². The predicted octanol–water partition coefficient (Wildman–Crippen LogP) is 3.00. The fourth-order valence-corrected chi connectivity index (χ4v) is 3.78. The van der Waals surface area contributed by atoms with Crippen LogP contribution in [0.5, 0.6) is 0 Å². The minimum Gasteiger partial charge on any atom is -0.376 e. The van der Waals surface area contributed by atoms with Crippen LogP contribution < -0.4 is 10.0 Å². The van der Waals surface area contributed by atoms with E-state index >= 15 is 0 Å². The molecule has 120 valence electrons. The molecule has 1 unspecified atom stereocenters. The van der Waals surface area contributed by atoms with Crippen molar-refractivity contribution in [2.24, 2.45) is 0 Å². The number of anilines is 1. The van der Waals surface area contributed by atoms with Gasteiger partial charge in [0.25, 0.3) is 10.0 Å². The zero-order chi connectivity index (χ0) is 16.5. The molecular formula is C17H19N3O2S. The summed E-state index contributed by atoms with van der Waals surface area (Å²) in [7, 11) is -3.68. The predicted molar refractivity (Wildman–Crippen MR) is 91.3 cm³/mol. The SMILES string of the molecule is CCC1(C)C=C(c2ccccc2S(=O)(=O)Nc2cccnc2)N1. The maximum absolute atomic E-state index is 12.7. The van der Waals surface area contributed by atoms with E-state index in [4.69, 9.17) is 0 Å². The van der Waals surface area contributed by atoms with Crippen LogP contribution in [0.4, 0.5) is 5.69 Å². The lowest BCUT2D eigenvalue weighted by Crippen LogP contribution is -2.47. The number of sulfonamides is 1. The summed E-state index contributed by atoms with van der Waals surface area (Å²) in [5.74, 6) is 0. The van der Waals surface area contributed by atoms with Crippen molar-refractivity contribution in [1.82, 2.24) is 10.3 Å². The third-order valence-corrected chi connectivity index (χ3v) is 5.44. The van der Waals surface area contributed by atoms with E-state index in [1.165, 1.54) is 6.20 Å². The molecule has 2 aromatic rings. The Hall–Kier alpha value is -2.34. The minimum atomic E-state index is -3.68. The highest BCUT2D eigenvalue weighted by Gasteiger charge is 2.32. The number of pyridine rings is 1. The standard InChI is InChI=1S/C17H19N3O2S/c1-3-17(2)11-15(19-17)14-8-4-5-9-16(14)23(21,22)20-13-7-6-10-18-12-13/h4-12,19-20H,3H2,1-2H3. The third kappa shape index (κ3) is 3.07. The first-order chi connectivity index (χ1) is 10.9. The van der Waals surface area contributed by atoms with Crippen LogP contribution in [-0.4, -0.2) is 18.9 Å². The molecule has 0 saturated carbocycles. The van der Waals surface area contributed by atoms with Crippen LogP contribution in [0.2, 0.25) is 0 Å². The van der Waals surface area contributed by atoms with Crippen molar-refractivity contribution in [1.29, 1.82) is 0 Å². The molecule has 1 aromatic heterocycles. The van der Waals surface area contributed by atoms with E-state index < -0.39 is 10.0 Å². The summed E-state index contributed by atoms with van der Waals surface area (Å²) >= 11 is 0. The monoisotopic (exact) mass is 329 g/mol. The van der Waals surface area contributed by atoms with Crippen molar-refractivity contribution in [3.63, 3.8) is 0 Å². The van der Waals surface area contributed by atoms with E-state index in [1.54, 1.807) is 30.5 Å². The molecule has 0 saturated heterocycles. The van der Waals surface area contributed by atoms with Crippen molar-refractivity contribution < 1.29 is 8.42 Å². The fraction of sp³-hybridized carbons (Fsp3) is 0.235. The number of benzene rings is 1. The summed E-state index contributed by atoms with van der Waals surface area (Å²) in [6.45, 7) is 4.17. The summed E-state index contributed by atoms with van der Waals surface area (Å²) in [5, 5.41) is 3.36. The van der Waals surface area contributed by atoms with Gasteiger partial charge in [-0.05, 0) is 37.6 Å². The van der Waals surface area contributed by atoms with Crippen molar-refractivity contribution in [2.45, 2.75) is 30.7 Å². The highest BCUT2D eigenvalue weighted by atomic mass is 32.2. The maximum Gasteiger partial charge on any atom is 0.262 e. The van der Waals surface area contributed by atoms with Crippen LogP contribution in [-0.2, 0) is 10.0 Å². The molecular weight excluding hydrogens is 310 g/mol. The molecule has 6 heteroatoms. The quantitative estimate of drug-likeness (QED) is 0.884. The molecule has 5 nitrogen and oxygen atoms in total. The van der Waals surface area contributed by atoms with E-state index in [2.05, 4.69) is 34.9 Å². The van der Waals surface area contributed by atoms with Gasteiger partial charge >= 0.3 is 0 Å². The van der Waals surface area contributed by atoms with Gasteiger partial charge in [0.2, 0.25) is 0 Å². The van der Waals surface area contributed by atoms with Gasteiger partial charge < -0.3 is 5.32 Å². The zero-order valence-corrected chi connectivity index (χ0v) is 13.9. The van der Waals surface area contributed by atoms with Crippen LogP contribution in [0, 0.1) is 0 Å². The average molecular weight is 329 g/mol. The number of hydrogen-bond donors (Lipinski definition) is 2. The van der Waals surface area contributed by atoms with Crippen LogP contribution in [0.25, 0.3) is 5.70 Å². The van der Waals surface area contributed by atoms with Crippen molar-refractivity contribution in [2.75, 3.05) is 4.72 Å². The summed E-state index contributed by atoms with van der Waals surface area (Å²) in [6.07, 6.45) is 6.10. The summed E-state index contributed by atoms with van der Waals surface area (Å²) in [6, 6.07) is 10.3. The lowest BCUT2D eigenvalue weighted by atomic mass is 9.88. The molecule has 23 heavy (non-hydrogen) atoms. The lowest BCUT2D eigenvalue weighted by molar-refractivity contribution is 0.453. The van der Waals surface area contributed by atoms with Gasteiger partial charge in [0.15, 0.2) is 0 Å². The third-order valence-electron chi connectivity index (χ3n) is 4.00. The number of nitrogens with one attached hydrogen (secondary N) is 2. The molecule has 2 N–H and O–H groups in total. The molecule has 1 aromatic carbocycles. The molecule has 1 aliphatic rings. The highest BCUT2D eigenvalue weighted by molar-refractivity contribution is 7.92. The largest absolute Gasteiger partial charge is 0.376 e. The van der Waals surface area contributed by atoms with E-state index in [0.717, 1.165) is 12.1 Å². The molecule has 2 heterocycles. The first-order valence-electron chi connectivity index (χ1n) is 7.47. The Bertz CT molecular complexity index is 847. The highest BCUT2D eigenvalue weighted by Crippen LogP contribution is 2.33. The van der Waals surface area contributed by atoms with E-state index in [0.29, 0.717) is 11.3 Å². The molecule has 0 aliphatic carbocycles. The Labute approximate surface area is 136 Å². The second-order valence-corrected chi connectivity index (χ2v) is 7.45. The molecule has 0 fully saturated rings. The smallest absolute Gasteiger partial charge is 0.262 e. The lowest BCUT2D eigenvalue weighted by Gasteiger charge is -2.39. The molecule has 0 bridgehead atoms. The van der Waals surface area contributed by atoms with E-state index in [9.17, 15) is 8.42 Å². The zero-order valence-electron chi connectivity index (χ0n) is 13.1. The van der Waals surface area contributed by atoms with Gasteiger partial charge in [-0.3, -0.25) is 9.71 Å². The Kier molecular flexibility index (Phi) is 3.85. The molecule has 3 rings (SSSR count). The fourth-order valence-electron chi connectivity index (χ4n) is 2.51. The normalized spacial score (nSPS) is 20.2. The van der Waals surface area contributed by atoms with Gasteiger partial charge in [-0.25, -0.2) is 8.42 Å². The Morgan fingerprint density at radius 2 is 1.96 bits per heavy atom. The van der Waals surface area contributed by atoms with Crippen molar-refractivity contribution in [3.05, 3.63) is 60.4 Å². The number of nitrogens with zero attached hydrogens (tertiary/aromatic N) is 1. The van der Waals surface area contributed by atoms with Crippen LogP contribution in [0.3, 0.4) is 0 Å². The molecule has 0 spiro atoms. The van der Waals surface area contributed by atoms with Crippen LogP contribution in [0.15, 0.2) is 59.8 Å². The summed E-state index contributed by atoms with van der Waals surface area (Å²) < 4.78 is 28.0. The second-order valence-electron chi connectivity index (χ2n) is 5.80. The Balaban J connectivity index is 1.97. The van der Waals surface area contributed by atoms with Crippen molar-refractivity contribution >= 4 is 21.4 Å². The van der Waals surface area contributed by atoms with Crippen LogP contribution >= 0.6 is 0 Å². The maximum atomic E-state index is 12.7. The number of rotatable bonds is 5. The summed E-state index contributed by atoms with van der Waals surface area (Å²) in [4.78, 5) is 4.18. The first kappa shape index (κ1) is 15.6. The van der Waals surface area contributed by atoms with Crippen LogP contribution in [0.1, 0.15) is 25.8 Å². The van der Waals surface area contributed by atoms with Gasteiger partial charge in [0, 0.05) is 17.5 Å². The van der Waals surface area contributed by atoms with Gasteiger partial charge in [-0.1, -0.05) is 25.1 Å². The Morgan fingerprint density at radius 3 is 2.61 bits per heavy atom. The molecule has 0 radical (unpaired) electrons. The summed E-state index contributed by atoms with van der Waals surface area (Å²) in [5.41, 5.74) is 1.90. The average Bonchev–Trinajstić information content (AvgIpc) is 2.52. The van der Waals surface area contributed by atoms with Gasteiger partial charge in [-0.15, -0.1) is 0 Å². The molecule has 1 atom stereocenters. The van der Waals surface area contributed by atoms with Gasteiger partial charge in [0.1, 0.15) is 0 Å². The van der Waals surface area contributed by atoms with Gasteiger partial charge in [0.05, 0.1) is 22.3 Å². The number of aromatic nitrogens is 1. The first-order valence-corrected chi connectivity index (χ1v) is 8.95. The second kappa shape index (κ2) is 5.70. The van der Waals surface area contributed by atoms with Crippen molar-refractivity contribution in [3.8, 4) is 0 Å². The minimum absolute atomic E-state index is 0.0665. The number of hydrogen-bond acceptors (Lipinski definition) is 4. The van der Waals surface area contributed by atoms with E-state index in [1.807, 2.05) is 12.1 Å². The topological polar surface area (TPSA) is 71.1 Å². The van der Waals surface area contributed by atoms with E-state index in [-0.39, 0.29) is 10.4 Å². The molecule has 1 aliphatic heterocycles. The Morgan fingerprint density at radius 1 is 1.22 bits per heavy atom. The molecule has 0 amide bonds.